The molecule has 0 radical (unpaired) electrons. The Morgan fingerprint density at radius 2 is 1.06 bits per heavy atom. The van der Waals surface area contributed by atoms with Crippen LogP contribution in [0.25, 0.3) is 21.8 Å². The lowest BCUT2D eigenvalue weighted by Crippen LogP contribution is -2.56. The van der Waals surface area contributed by atoms with Crippen LogP contribution in [0.1, 0.15) is 108 Å². The molecular formula is C54H56N4O6. The first-order valence-corrected chi connectivity index (χ1v) is 23.4. The fourth-order valence-electron chi connectivity index (χ4n) is 12.3. The van der Waals surface area contributed by atoms with Crippen LogP contribution >= 0.6 is 0 Å². The minimum absolute atomic E-state index is 0.0377. The highest BCUT2D eigenvalue weighted by Crippen LogP contribution is 2.49. The Kier molecular flexibility index (Phi) is 10.6. The minimum Gasteiger partial charge on any atom is -0.497 e. The number of hydrogen-bond donors (Lipinski definition) is 0. The maximum Gasteiger partial charge on any atom is 0.198 e. The molecule has 7 unspecified atom stereocenters. The van der Waals surface area contributed by atoms with Crippen molar-refractivity contribution in [3.05, 3.63) is 131 Å². The van der Waals surface area contributed by atoms with Crippen molar-refractivity contribution in [1.82, 2.24) is 19.8 Å². The van der Waals surface area contributed by atoms with E-state index in [9.17, 15) is 0 Å². The number of carbonyl (C=O) groups is 2. The highest BCUT2D eigenvalue weighted by atomic mass is 16.5. The van der Waals surface area contributed by atoms with Crippen LogP contribution in [0, 0.1) is 23.7 Å². The molecule has 13 rings (SSSR count). The van der Waals surface area contributed by atoms with E-state index in [0.29, 0.717) is 46.3 Å². The molecule has 1 aliphatic carbocycles. The second-order valence-electron chi connectivity index (χ2n) is 18.7. The van der Waals surface area contributed by atoms with Gasteiger partial charge >= 0.3 is 0 Å². The van der Waals surface area contributed by atoms with Gasteiger partial charge < -0.3 is 18.9 Å². The molecule has 10 atom stereocenters. The third-order valence-corrected chi connectivity index (χ3v) is 15.7. The second-order valence-corrected chi connectivity index (χ2v) is 18.7. The lowest BCUT2D eigenvalue weighted by atomic mass is 9.72. The molecule has 0 N–H and O–H groups in total. The summed E-state index contributed by atoms with van der Waals surface area (Å²) < 4.78 is 26.3. The zero-order valence-electron chi connectivity index (χ0n) is 37.2. The quantitative estimate of drug-likeness (QED) is 0.118. The van der Waals surface area contributed by atoms with Crippen molar-refractivity contribution in [1.29, 1.82) is 0 Å². The molecule has 10 nitrogen and oxygen atoms in total. The number of ether oxygens (including phenoxy) is 4. The van der Waals surface area contributed by atoms with Crippen LogP contribution in [0.4, 0.5) is 0 Å². The number of aromatic nitrogens is 2. The summed E-state index contributed by atoms with van der Waals surface area (Å²) in [6.45, 7) is 8.58. The molecule has 6 aliphatic heterocycles. The molecule has 0 amide bonds. The van der Waals surface area contributed by atoms with Gasteiger partial charge in [-0.3, -0.25) is 29.4 Å². The Morgan fingerprint density at radius 1 is 0.609 bits per heavy atom. The van der Waals surface area contributed by atoms with E-state index in [0.717, 1.165) is 109 Å². The number of carbonyl (C=O) groups excluding carboxylic acids is 2. The predicted molar refractivity (Wildman–Crippen MR) is 247 cm³/mol. The number of methoxy groups -OCH3 is 2. The van der Waals surface area contributed by atoms with Gasteiger partial charge in [0.2, 0.25) is 0 Å². The normalized spacial score (nSPS) is 26.6. The molecule has 0 spiro atoms. The largest absolute Gasteiger partial charge is 0.497 e. The molecular weight excluding hydrogens is 801 g/mol. The molecule has 2 aromatic heterocycles. The number of piperidine rings is 6. The van der Waals surface area contributed by atoms with Gasteiger partial charge in [-0.25, -0.2) is 0 Å². The first-order valence-electron chi connectivity index (χ1n) is 23.4. The van der Waals surface area contributed by atoms with Crippen LogP contribution in [-0.2, 0) is 0 Å². The lowest BCUT2D eigenvalue weighted by molar-refractivity contribution is -0.0493. The first-order chi connectivity index (χ1) is 31.3. The van der Waals surface area contributed by atoms with Gasteiger partial charge in [-0.1, -0.05) is 51.0 Å². The van der Waals surface area contributed by atoms with Crippen molar-refractivity contribution in [2.45, 2.75) is 76.7 Å². The zero-order chi connectivity index (χ0) is 43.6. The lowest BCUT2D eigenvalue weighted by Gasteiger charge is -2.52. The zero-order valence-corrected chi connectivity index (χ0v) is 37.2. The Balaban J connectivity index is 1.07. The number of ketones is 2. The molecule has 328 valence electrons. The van der Waals surface area contributed by atoms with Crippen LogP contribution in [0.3, 0.4) is 0 Å². The summed E-state index contributed by atoms with van der Waals surface area (Å²) in [4.78, 5) is 45.0. The number of nitrogens with zero attached hydrogens (tertiary/aromatic N) is 4. The maximum absolute atomic E-state index is 15.1. The van der Waals surface area contributed by atoms with Crippen molar-refractivity contribution >= 4 is 33.4 Å². The fraction of sp³-hybridized carbons (Fsp3) is 0.407. The molecule has 10 heteroatoms. The van der Waals surface area contributed by atoms with Crippen LogP contribution in [0.5, 0.6) is 23.0 Å². The van der Waals surface area contributed by atoms with Gasteiger partial charge in [-0.05, 0) is 123 Å². The predicted octanol–water partition coefficient (Wildman–Crippen LogP) is 10.1. The smallest absolute Gasteiger partial charge is 0.198 e. The van der Waals surface area contributed by atoms with E-state index >= 15 is 9.59 Å². The highest BCUT2D eigenvalue weighted by molar-refractivity contribution is 6.30. The number of rotatable bonds is 12. The molecule has 6 saturated heterocycles. The molecule has 7 aliphatic rings. The topological polar surface area (TPSA) is 103 Å². The van der Waals surface area contributed by atoms with Gasteiger partial charge in [0, 0.05) is 58.5 Å². The van der Waals surface area contributed by atoms with Crippen molar-refractivity contribution in [3.63, 3.8) is 0 Å². The Hall–Kier alpha value is -5.84. The first kappa shape index (κ1) is 40.9. The van der Waals surface area contributed by atoms with Gasteiger partial charge in [-0.2, -0.15) is 0 Å². The summed E-state index contributed by atoms with van der Waals surface area (Å²) in [6.07, 6.45) is 9.30. The Bertz CT molecular complexity index is 2600. The van der Waals surface area contributed by atoms with Crippen molar-refractivity contribution < 1.29 is 28.5 Å². The van der Waals surface area contributed by atoms with E-state index in [1.54, 1.807) is 26.4 Å². The van der Waals surface area contributed by atoms with E-state index in [4.69, 9.17) is 28.9 Å². The summed E-state index contributed by atoms with van der Waals surface area (Å²) >= 11 is 0. The van der Waals surface area contributed by atoms with Crippen LogP contribution < -0.4 is 18.9 Å². The number of hydrogen-bond acceptors (Lipinski definition) is 10. The van der Waals surface area contributed by atoms with Crippen LogP contribution in [0.2, 0.25) is 0 Å². The molecule has 64 heavy (non-hydrogen) atoms. The summed E-state index contributed by atoms with van der Waals surface area (Å²) in [5, 5.41) is 1.88. The summed E-state index contributed by atoms with van der Waals surface area (Å²) in [5.41, 5.74) is 4.87. The second kappa shape index (κ2) is 16.6. The van der Waals surface area contributed by atoms with Crippen molar-refractivity contribution in [2.24, 2.45) is 23.7 Å². The highest BCUT2D eigenvalue weighted by Gasteiger charge is 2.47. The minimum atomic E-state index is -0.475. The van der Waals surface area contributed by atoms with E-state index in [1.807, 2.05) is 85.2 Å². The van der Waals surface area contributed by atoms with Crippen LogP contribution in [-0.4, -0.2) is 83.8 Å². The van der Waals surface area contributed by atoms with E-state index in [1.165, 1.54) is 0 Å². The van der Waals surface area contributed by atoms with E-state index in [-0.39, 0.29) is 34.8 Å². The van der Waals surface area contributed by atoms with E-state index < -0.39 is 12.2 Å². The third-order valence-electron chi connectivity index (χ3n) is 15.7. The maximum atomic E-state index is 15.1. The number of fused-ring (bicyclic) bond motifs is 10. The molecule has 4 bridgehead atoms. The number of benzene rings is 4. The Morgan fingerprint density at radius 3 is 1.45 bits per heavy atom. The fourth-order valence-corrected chi connectivity index (χ4v) is 12.3. The average molecular weight is 857 g/mol. The van der Waals surface area contributed by atoms with E-state index in [2.05, 4.69) is 23.6 Å². The molecule has 6 aromatic rings. The monoisotopic (exact) mass is 856 g/mol. The molecule has 6 fully saturated rings. The van der Waals surface area contributed by atoms with Gasteiger partial charge in [0.15, 0.2) is 11.6 Å². The SMILES string of the molecule is CCC1CN2CCC1CC2[C@H](Oc1ccc(O[C@H](c2ccnc3ccc(OC)cc23)C2CC3CCN2C[C@@H]3CC)c2c1C(=O)c1ccccc1C2=O)c1ccnc2ccc(OC)cc12. The standard InChI is InChI=1S/C54H56N4O6/c1-5-31-29-57-23-19-33(31)25-45(57)53(39-17-21-55-43-13-11-35(61-3)27-41(39)43)63-47-15-16-48(50-49(47)51(59)37-9-7-8-10-38(37)52(50)60)64-54(46-26-34-20-24-58(46)30-32(34)6-2)40-18-22-56-44-14-12-36(62-4)28-42(40)44/h7-18,21-22,27-28,31-34,45-46,53-54H,5-6,19-20,23-26,29-30H2,1-4H3/t31-,32?,33?,34?,45?,46?,53+,54+/m0/s1. The summed E-state index contributed by atoms with van der Waals surface area (Å²) in [7, 11) is 3.35. The van der Waals surface area contributed by atoms with Gasteiger partial charge in [0.1, 0.15) is 35.2 Å². The molecule has 8 heterocycles. The third kappa shape index (κ3) is 6.83. The summed E-state index contributed by atoms with van der Waals surface area (Å²) in [6, 6.07) is 27.0. The number of pyridine rings is 2. The van der Waals surface area contributed by atoms with Gasteiger partial charge in [0.25, 0.3) is 0 Å². The van der Waals surface area contributed by atoms with Gasteiger partial charge in [-0.15, -0.1) is 0 Å². The van der Waals surface area contributed by atoms with Crippen LogP contribution in [0.15, 0.2) is 97.3 Å². The average Bonchev–Trinajstić information content (AvgIpc) is 3.36. The van der Waals surface area contributed by atoms with Crippen molar-refractivity contribution in [2.75, 3.05) is 40.4 Å². The molecule has 0 saturated carbocycles. The summed E-state index contributed by atoms with van der Waals surface area (Å²) in [5.74, 6) is 4.15. The van der Waals surface area contributed by atoms with Crippen molar-refractivity contribution in [3.8, 4) is 23.0 Å². The molecule has 4 aromatic carbocycles. The van der Waals surface area contributed by atoms with Gasteiger partial charge in [0.05, 0.1) is 48.5 Å². The Labute approximate surface area is 374 Å².